The van der Waals surface area contributed by atoms with Crippen LogP contribution >= 0.6 is 31.9 Å². The third-order valence-electron chi connectivity index (χ3n) is 3.37. The fourth-order valence-electron chi connectivity index (χ4n) is 2.54. The van der Waals surface area contributed by atoms with Crippen LogP contribution in [0.4, 0.5) is 4.79 Å². The Labute approximate surface area is 150 Å². The van der Waals surface area contributed by atoms with Crippen LogP contribution in [0.5, 0.6) is 0 Å². The summed E-state index contributed by atoms with van der Waals surface area (Å²) in [4.78, 5) is 28.5. The molecule has 0 bridgehead atoms. The average molecular weight is 439 g/mol. The molecule has 0 unspecified atom stereocenters. The van der Waals surface area contributed by atoms with Gasteiger partial charge in [-0.2, -0.15) is 4.99 Å². The minimum Gasteiger partial charge on any atom is -0.442 e. The van der Waals surface area contributed by atoms with Gasteiger partial charge >= 0.3 is 6.09 Å². The van der Waals surface area contributed by atoms with Gasteiger partial charge in [0.15, 0.2) is 0 Å². The van der Waals surface area contributed by atoms with Crippen molar-refractivity contribution in [1.29, 1.82) is 0 Å². The van der Waals surface area contributed by atoms with Crippen molar-refractivity contribution in [3.05, 3.63) is 44.3 Å². The molecule has 0 atom stereocenters. The lowest BCUT2D eigenvalue weighted by Crippen LogP contribution is -2.23. The molecule has 23 heavy (non-hydrogen) atoms. The van der Waals surface area contributed by atoms with Crippen LogP contribution in [0, 0.1) is 0 Å². The summed E-state index contributed by atoms with van der Waals surface area (Å²) < 4.78 is 6.94. The Bertz CT molecular complexity index is 887. The molecule has 0 radical (unpaired) electrons. The van der Waals surface area contributed by atoms with Crippen LogP contribution < -0.4 is 0 Å². The number of aliphatic imine (C=N–C) groups is 1. The SMILES string of the molecule is CC(C)(C)OC(=O)/N=C1/C(=O)c2ccc(Br)c3c(Br)ccc1c23. The first kappa shape index (κ1) is 16.3. The molecule has 118 valence electrons. The number of benzene rings is 2. The summed E-state index contributed by atoms with van der Waals surface area (Å²) in [7, 11) is 0. The van der Waals surface area contributed by atoms with Crippen molar-refractivity contribution < 1.29 is 14.3 Å². The second-order valence-corrected chi connectivity index (χ2v) is 7.92. The van der Waals surface area contributed by atoms with Crippen LogP contribution in [0.25, 0.3) is 10.8 Å². The highest BCUT2D eigenvalue weighted by Crippen LogP contribution is 2.39. The fourth-order valence-corrected chi connectivity index (χ4v) is 3.89. The maximum absolute atomic E-state index is 12.6. The molecule has 3 rings (SSSR count). The molecule has 0 N–H and O–H groups in total. The van der Waals surface area contributed by atoms with E-state index in [0.717, 1.165) is 19.7 Å². The van der Waals surface area contributed by atoms with Crippen molar-refractivity contribution >= 4 is 60.2 Å². The zero-order valence-corrected chi connectivity index (χ0v) is 15.9. The highest BCUT2D eigenvalue weighted by atomic mass is 79.9. The minimum atomic E-state index is -0.760. The molecule has 0 fully saturated rings. The lowest BCUT2D eigenvalue weighted by Gasteiger charge is -2.17. The Morgan fingerprint density at radius 2 is 1.57 bits per heavy atom. The predicted molar refractivity (Wildman–Crippen MR) is 96.4 cm³/mol. The predicted octanol–water partition coefficient (Wildman–Crippen LogP) is 5.29. The van der Waals surface area contributed by atoms with E-state index in [0.29, 0.717) is 11.1 Å². The standard InChI is InChI=1S/C17H13Br2NO3/c1-17(2,3)23-16(22)20-14-8-4-6-10(18)13-11(19)7-5-9(12(8)13)15(14)21/h4-7H,1-3H3/b20-14+. The van der Waals surface area contributed by atoms with Crippen molar-refractivity contribution in [3.8, 4) is 0 Å². The third-order valence-corrected chi connectivity index (χ3v) is 4.69. The molecule has 0 saturated carbocycles. The molecule has 0 heterocycles. The molecule has 1 aliphatic rings. The largest absolute Gasteiger partial charge is 0.442 e. The molecular formula is C17H13Br2NO3. The molecule has 1 aliphatic carbocycles. The Morgan fingerprint density at radius 1 is 1.00 bits per heavy atom. The second kappa shape index (κ2) is 5.53. The van der Waals surface area contributed by atoms with E-state index >= 15 is 0 Å². The van der Waals surface area contributed by atoms with Crippen molar-refractivity contribution in [1.82, 2.24) is 0 Å². The summed E-state index contributed by atoms with van der Waals surface area (Å²) in [5.41, 5.74) is 0.662. The number of Topliss-reactive ketones (excluding diaryl/α,β-unsaturated/α-hetero) is 1. The first-order chi connectivity index (χ1) is 10.7. The molecule has 0 aliphatic heterocycles. The third kappa shape index (κ3) is 2.85. The summed E-state index contributed by atoms with van der Waals surface area (Å²) in [5.74, 6) is -0.263. The van der Waals surface area contributed by atoms with Crippen LogP contribution in [0.15, 0.2) is 38.2 Å². The molecule has 0 spiro atoms. The van der Waals surface area contributed by atoms with E-state index in [9.17, 15) is 9.59 Å². The number of halogens is 2. The normalized spacial score (nSPS) is 15.5. The van der Waals surface area contributed by atoms with Crippen molar-refractivity contribution in [2.45, 2.75) is 26.4 Å². The number of nitrogens with zero attached hydrogens (tertiary/aromatic N) is 1. The zero-order chi connectivity index (χ0) is 16.9. The van der Waals surface area contributed by atoms with Gasteiger partial charge in [0.25, 0.3) is 0 Å². The highest BCUT2D eigenvalue weighted by Gasteiger charge is 2.31. The van der Waals surface area contributed by atoms with E-state index in [1.807, 2.05) is 12.1 Å². The first-order valence-corrected chi connectivity index (χ1v) is 8.55. The second-order valence-electron chi connectivity index (χ2n) is 6.21. The van der Waals surface area contributed by atoms with E-state index in [4.69, 9.17) is 4.74 Å². The maximum atomic E-state index is 12.6. The van der Waals surface area contributed by atoms with Gasteiger partial charge < -0.3 is 4.74 Å². The van der Waals surface area contributed by atoms with Crippen molar-refractivity contribution in [3.63, 3.8) is 0 Å². The topological polar surface area (TPSA) is 55.7 Å². The van der Waals surface area contributed by atoms with Gasteiger partial charge in [0.2, 0.25) is 5.78 Å². The quantitative estimate of drug-likeness (QED) is 0.561. The summed E-state index contributed by atoms with van der Waals surface area (Å²) in [5, 5.41) is 1.68. The van der Waals surface area contributed by atoms with Crippen LogP contribution in [-0.4, -0.2) is 23.2 Å². The Morgan fingerprint density at radius 3 is 2.13 bits per heavy atom. The zero-order valence-electron chi connectivity index (χ0n) is 12.7. The van der Waals surface area contributed by atoms with Crippen molar-refractivity contribution in [2.75, 3.05) is 0 Å². The first-order valence-electron chi connectivity index (χ1n) is 6.96. The molecule has 6 heteroatoms. The Kier molecular flexibility index (Phi) is 3.92. The number of carbonyl (C=O) groups is 2. The van der Waals surface area contributed by atoms with Gasteiger partial charge in [-0.15, -0.1) is 0 Å². The lowest BCUT2D eigenvalue weighted by atomic mass is 10.1. The molecule has 1 amide bonds. The summed E-state index contributed by atoms with van der Waals surface area (Å²) in [6.07, 6.45) is -0.760. The van der Waals surface area contributed by atoms with E-state index in [1.165, 1.54) is 0 Å². The maximum Gasteiger partial charge on any atom is 0.434 e. The van der Waals surface area contributed by atoms with E-state index < -0.39 is 11.7 Å². The van der Waals surface area contributed by atoms with Crippen LogP contribution in [0.1, 0.15) is 36.7 Å². The van der Waals surface area contributed by atoms with Crippen LogP contribution in [0.2, 0.25) is 0 Å². The smallest absolute Gasteiger partial charge is 0.434 e. The van der Waals surface area contributed by atoms with Gasteiger partial charge in [-0.05, 0) is 39.0 Å². The Balaban J connectivity index is 2.18. The summed E-state index contributed by atoms with van der Waals surface area (Å²) in [6, 6.07) is 7.19. The van der Waals surface area contributed by atoms with Crippen LogP contribution in [0.3, 0.4) is 0 Å². The minimum absolute atomic E-state index is 0.129. The summed E-state index contributed by atoms with van der Waals surface area (Å²) in [6.45, 7) is 5.27. The van der Waals surface area contributed by atoms with Gasteiger partial charge in [0.1, 0.15) is 11.3 Å². The van der Waals surface area contributed by atoms with E-state index in [2.05, 4.69) is 36.9 Å². The Hall–Kier alpha value is -1.53. The van der Waals surface area contributed by atoms with Gasteiger partial charge in [0.05, 0.1) is 0 Å². The van der Waals surface area contributed by atoms with Gasteiger partial charge in [-0.25, -0.2) is 4.79 Å². The lowest BCUT2D eigenvalue weighted by molar-refractivity contribution is 0.0602. The highest BCUT2D eigenvalue weighted by molar-refractivity contribution is 9.11. The van der Waals surface area contributed by atoms with Gasteiger partial charge in [-0.3, -0.25) is 4.79 Å². The van der Waals surface area contributed by atoms with Crippen molar-refractivity contribution in [2.24, 2.45) is 4.99 Å². The number of ether oxygens (including phenoxy) is 1. The molecule has 2 aromatic rings. The monoisotopic (exact) mass is 437 g/mol. The molecule has 2 aromatic carbocycles. The molecular weight excluding hydrogens is 426 g/mol. The number of carbonyl (C=O) groups excluding carboxylic acids is 2. The van der Waals surface area contributed by atoms with E-state index in [-0.39, 0.29) is 11.5 Å². The summed E-state index contributed by atoms with van der Waals surface area (Å²) >= 11 is 7.00. The van der Waals surface area contributed by atoms with Gasteiger partial charge in [0, 0.05) is 30.8 Å². The fraction of sp³-hybridized carbons (Fsp3) is 0.235. The number of hydrogen-bond acceptors (Lipinski definition) is 3. The van der Waals surface area contributed by atoms with E-state index in [1.54, 1.807) is 32.9 Å². The number of amides is 1. The molecule has 0 saturated heterocycles. The van der Waals surface area contributed by atoms with Crippen LogP contribution in [-0.2, 0) is 4.74 Å². The number of rotatable bonds is 0. The molecule has 0 aromatic heterocycles. The number of ketones is 1. The van der Waals surface area contributed by atoms with Gasteiger partial charge in [-0.1, -0.05) is 37.9 Å². The average Bonchev–Trinajstić information content (AvgIpc) is 2.68. The molecule has 4 nitrogen and oxygen atoms in total. The number of hydrogen-bond donors (Lipinski definition) is 0.